The highest BCUT2D eigenvalue weighted by Crippen LogP contribution is 2.35. The number of anilines is 1. The quantitative estimate of drug-likeness (QED) is 0.434. The van der Waals surface area contributed by atoms with Gasteiger partial charge in [0, 0.05) is 26.3 Å². The number of likely N-dealkylation sites (tertiary alicyclic amines) is 1. The highest BCUT2D eigenvalue weighted by Gasteiger charge is 2.34. The number of carbonyl (C=O) groups excluding carboxylic acids is 1. The smallest absolute Gasteiger partial charge is 0.264 e. The molecular formula is C24H23N3O2S. The molecule has 0 spiro atoms. The Morgan fingerprint density at radius 1 is 1.13 bits per heavy atom. The van der Waals surface area contributed by atoms with Gasteiger partial charge in [-0.2, -0.15) is 0 Å². The van der Waals surface area contributed by atoms with Crippen molar-refractivity contribution in [1.29, 1.82) is 0 Å². The van der Waals surface area contributed by atoms with E-state index in [1.165, 1.54) is 17.0 Å². The Morgan fingerprint density at radius 2 is 1.93 bits per heavy atom. The molecule has 1 saturated heterocycles. The predicted molar refractivity (Wildman–Crippen MR) is 121 cm³/mol. The van der Waals surface area contributed by atoms with Crippen molar-refractivity contribution in [3.63, 3.8) is 0 Å². The molecule has 1 amide bonds. The van der Waals surface area contributed by atoms with E-state index in [1.807, 2.05) is 42.6 Å². The van der Waals surface area contributed by atoms with Crippen LogP contribution in [0.15, 0.2) is 64.4 Å². The lowest BCUT2D eigenvalue weighted by Gasteiger charge is -2.21. The maximum absolute atomic E-state index is 12.9. The van der Waals surface area contributed by atoms with E-state index in [2.05, 4.69) is 41.3 Å². The van der Waals surface area contributed by atoms with E-state index in [-0.39, 0.29) is 11.9 Å². The SMILES string of the molecule is CN(C)c1ccc(-c2ccc3oc(C4CCCN4C(=O)c4cccs4)nc3c2)cc1. The molecule has 30 heavy (non-hydrogen) atoms. The van der Waals surface area contributed by atoms with Gasteiger partial charge >= 0.3 is 0 Å². The number of rotatable bonds is 4. The predicted octanol–water partition coefficient (Wildman–Crippen LogP) is 5.60. The second-order valence-electron chi connectivity index (χ2n) is 7.81. The van der Waals surface area contributed by atoms with Crippen LogP contribution in [0.4, 0.5) is 5.69 Å². The summed E-state index contributed by atoms with van der Waals surface area (Å²) < 4.78 is 6.08. The molecule has 1 aliphatic rings. The second-order valence-corrected chi connectivity index (χ2v) is 8.76. The number of amides is 1. The summed E-state index contributed by atoms with van der Waals surface area (Å²) in [6, 6.07) is 18.2. The summed E-state index contributed by atoms with van der Waals surface area (Å²) in [6.07, 6.45) is 1.84. The van der Waals surface area contributed by atoms with Crippen LogP contribution < -0.4 is 4.90 Å². The summed E-state index contributed by atoms with van der Waals surface area (Å²) in [4.78, 5) is 22.4. The van der Waals surface area contributed by atoms with Gasteiger partial charge in [0.05, 0.1) is 4.88 Å². The van der Waals surface area contributed by atoms with Crippen molar-refractivity contribution in [2.45, 2.75) is 18.9 Å². The number of aromatic nitrogens is 1. The largest absolute Gasteiger partial charge is 0.438 e. The minimum Gasteiger partial charge on any atom is -0.438 e. The van der Waals surface area contributed by atoms with Gasteiger partial charge in [-0.3, -0.25) is 4.79 Å². The first-order valence-electron chi connectivity index (χ1n) is 10.1. The van der Waals surface area contributed by atoms with Crippen molar-refractivity contribution in [2.24, 2.45) is 0 Å². The molecule has 6 heteroatoms. The first kappa shape index (κ1) is 18.9. The molecule has 2 aromatic carbocycles. The van der Waals surface area contributed by atoms with Crippen LogP contribution >= 0.6 is 11.3 Å². The summed E-state index contributed by atoms with van der Waals surface area (Å²) >= 11 is 1.48. The van der Waals surface area contributed by atoms with Crippen molar-refractivity contribution in [3.8, 4) is 11.1 Å². The average Bonchev–Trinajstić information content (AvgIpc) is 3.52. The Morgan fingerprint density at radius 3 is 2.67 bits per heavy atom. The molecular weight excluding hydrogens is 394 g/mol. The van der Waals surface area contributed by atoms with E-state index in [0.717, 1.165) is 46.5 Å². The number of benzene rings is 2. The zero-order valence-corrected chi connectivity index (χ0v) is 17.9. The van der Waals surface area contributed by atoms with Crippen molar-refractivity contribution in [2.75, 3.05) is 25.5 Å². The Balaban J connectivity index is 1.44. The molecule has 4 aromatic rings. The zero-order valence-electron chi connectivity index (χ0n) is 17.0. The van der Waals surface area contributed by atoms with Crippen LogP contribution in [0.5, 0.6) is 0 Å². The molecule has 3 heterocycles. The van der Waals surface area contributed by atoms with Crippen molar-refractivity contribution < 1.29 is 9.21 Å². The van der Waals surface area contributed by atoms with Crippen LogP contribution in [0.25, 0.3) is 22.2 Å². The number of thiophene rings is 1. The molecule has 0 radical (unpaired) electrons. The third kappa shape index (κ3) is 3.37. The van der Waals surface area contributed by atoms with E-state index in [4.69, 9.17) is 9.40 Å². The number of fused-ring (bicyclic) bond motifs is 1. The van der Waals surface area contributed by atoms with Crippen LogP contribution in [0.3, 0.4) is 0 Å². The molecule has 0 aliphatic carbocycles. The first-order chi connectivity index (χ1) is 14.6. The monoisotopic (exact) mass is 417 g/mol. The fraction of sp³-hybridized carbons (Fsp3) is 0.250. The van der Waals surface area contributed by atoms with Gasteiger partial charge in [0.25, 0.3) is 5.91 Å². The standard InChI is InChI=1S/C24H23N3O2S/c1-26(2)18-10-7-16(8-11-18)17-9-12-21-19(15-17)25-23(29-21)20-5-3-13-27(20)24(28)22-6-4-14-30-22/h4,6-12,14-15,20H,3,5,13H2,1-2H3. The van der Waals surface area contributed by atoms with E-state index in [1.54, 1.807) is 0 Å². The molecule has 5 rings (SSSR count). The lowest BCUT2D eigenvalue weighted by molar-refractivity contribution is 0.0722. The third-order valence-electron chi connectivity index (χ3n) is 5.65. The van der Waals surface area contributed by atoms with Crippen LogP contribution in [0.2, 0.25) is 0 Å². The van der Waals surface area contributed by atoms with Gasteiger partial charge in [-0.05, 0) is 59.7 Å². The Kier molecular flexibility index (Phi) is 4.79. The van der Waals surface area contributed by atoms with Crippen molar-refractivity contribution in [3.05, 3.63) is 70.7 Å². The molecule has 0 saturated carbocycles. The molecule has 0 N–H and O–H groups in total. The summed E-state index contributed by atoms with van der Waals surface area (Å²) in [5, 5.41) is 1.93. The molecule has 5 nitrogen and oxygen atoms in total. The average molecular weight is 418 g/mol. The normalized spacial score (nSPS) is 16.3. The zero-order chi connectivity index (χ0) is 20.7. The lowest BCUT2D eigenvalue weighted by Crippen LogP contribution is -2.30. The highest BCUT2D eigenvalue weighted by molar-refractivity contribution is 7.12. The molecule has 1 fully saturated rings. The van der Waals surface area contributed by atoms with E-state index >= 15 is 0 Å². The molecule has 1 unspecified atom stereocenters. The maximum Gasteiger partial charge on any atom is 0.264 e. The number of hydrogen-bond acceptors (Lipinski definition) is 5. The second kappa shape index (κ2) is 7.61. The van der Waals surface area contributed by atoms with Gasteiger partial charge < -0.3 is 14.2 Å². The van der Waals surface area contributed by atoms with Crippen molar-refractivity contribution >= 4 is 34.0 Å². The van der Waals surface area contributed by atoms with Crippen LogP contribution in [-0.4, -0.2) is 36.4 Å². The van der Waals surface area contributed by atoms with Crippen LogP contribution in [-0.2, 0) is 0 Å². The lowest BCUT2D eigenvalue weighted by atomic mass is 10.0. The first-order valence-corrected chi connectivity index (χ1v) is 11.0. The van der Waals surface area contributed by atoms with Crippen LogP contribution in [0, 0.1) is 0 Å². The molecule has 1 aliphatic heterocycles. The van der Waals surface area contributed by atoms with Gasteiger partial charge in [0.2, 0.25) is 5.89 Å². The minimum absolute atomic E-state index is 0.0661. The molecule has 1 atom stereocenters. The number of nitrogens with zero attached hydrogens (tertiary/aromatic N) is 3. The van der Waals surface area contributed by atoms with E-state index in [9.17, 15) is 4.79 Å². The summed E-state index contributed by atoms with van der Waals surface area (Å²) in [7, 11) is 4.07. The van der Waals surface area contributed by atoms with E-state index in [0.29, 0.717) is 5.89 Å². The number of carbonyl (C=O) groups is 1. The summed E-state index contributed by atoms with van der Waals surface area (Å²) in [6.45, 7) is 0.740. The molecule has 0 bridgehead atoms. The summed E-state index contributed by atoms with van der Waals surface area (Å²) in [5.74, 6) is 0.698. The number of oxazole rings is 1. The summed E-state index contributed by atoms with van der Waals surface area (Å²) in [5.41, 5.74) is 5.00. The minimum atomic E-state index is -0.102. The Labute approximate surface area is 179 Å². The maximum atomic E-state index is 12.9. The van der Waals surface area contributed by atoms with Gasteiger partial charge in [-0.1, -0.05) is 24.3 Å². The topological polar surface area (TPSA) is 49.6 Å². The van der Waals surface area contributed by atoms with Crippen molar-refractivity contribution in [1.82, 2.24) is 9.88 Å². The third-order valence-corrected chi connectivity index (χ3v) is 6.51. The fourth-order valence-corrected chi connectivity index (χ4v) is 4.71. The fourth-order valence-electron chi connectivity index (χ4n) is 4.03. The van der Waals surface area contributed by atoms with Gasteiger partial charge in [-0.25, -0.2) is 4.98 Å². The Bertz CT molecular complexity index is 1180. The van der Waals surface area contributed by atoms with E-state index < -0.39 is 0 Å². The van der Waals surface area contributed by atoms with Gasteiger partial charge in [0.1, 0.15) is 11.6 Å². The van der Waals surface area contributed by atoms with Crippen LogP contribution in [0.1, 0.15) is 34.4 Å². The highest BCUT2D eigenvalue weighted by atomic mass is 32.1. The van der Waals surface area contributed by atoms with Gasteiger partial charge in [0.15, 0.2) is 5.58 Å². The van der Waals surface area contributed by atoms with Gasteiger partial charge in [-0.15, -0.1) is 11.3 Å². The number of hydrogen-bond donors (Lipinski definition) is 0. The molecule has 2 aromatic heterocycles. The Hall–Kier alpha value is -3.12. The molecule has 152 valence electrons.